The van der Waals surface area contributed by atoms with E-state index in [1.165, 1.54) is 22.3 Å². The number of fused-ring (bicyclic) bond motifs is 1. The fraction of sp³-hybridized carbons (Fsp3) is 0.308. The number of benzene rings is 3. The summed E-state index contributed by atoms with van der Waals surface area (Å²) in [6, 6.07) is 28.7. The molecule has 0 aromatic heterocycles. The van der Waals surface area contributed by atoms with Crippen molar-refractivity contribution in [1.82, 2.24) is 10.2 Å². The zero-order chi connectivity index (χ0) is 19.9. The van der Waals surface area contributed by atoms with Gasteiger partial charge in [0.25, 0.3) is 0 Å². The lowest BCUT2D eigenvalue weighted by Crippen LogP contribution is -2.44. The standard InChI is InChI=1S/C26H30N2O/c1-29-26-13-11-22(12-14-26)19-27-15-16-28-20-24-10-6-5-9-23(24)18-25(28)17-21-7-3-2-4-8-21/h2-14,25,27H,15-20H2,1H3. The summed E-state index contributed by atoms with van der Waals surface area (Å²) in [5, 5.41) is 3.61. The Hall–Kier alpha value is -2.62. The van der Waals surface area contributed by atoms with Gasteiger partial charge in [0.15, 0.2) is 0 Å². The smallest absolute Gasteiger partial charge is 0.118 e. The molecule has 3 nitrogen and oxygen atoms in total. The third-order valence-corrected chi connectivity index (χ3v) is 5.84. The molecule has 3 heteroatoms. The van der Waals surface area contributed by atoms with Crippen LogP contribution in [0.4, 0.5) is 0 Å². The van der Waals surface area contributed by atoms with E-state index in [1.54, 1.807) is 7.11 Å². The van der Waals surface area contributed by atoms with E-state index in [0.717, 1.165) is 44.8 Å². The van der Waals surface area contributed by atoms with Crippen LogP contribution in [-0.2, 0) is 25.9 Å². The lowest BCUT2D eigenvalue weighted by Gasteiger charge is -2.37. The minimum atomic E-state index is 0.551. The van der Waals surface area contributed by atoms with Crippen molar-refractivity contribution in [2.45, 2.75) is 32.0 Å². The maximum Gasteiger partial charge on any atom is 0.118 e. The highest BCUT2D eigenvalue weighted by Crippen LogP contribution is 2.25. The Morgan fingerprint density at radius 2 is 1.59 bits per heavy atom. The van der Waals surface area contributed by atoms with Gasteiger partial charge in [-0.25, -0.2) is 0 Å². The molecule has 0 radical (unpaired) electrons. The first-order valence-electron chi connectivity index (χ1n) is 10.5. The van der Waals surface area contributed by atoms with Gasteiger partial charge in [0.1, 0.15) is 5.75 Å². The summed E-state index contributed by atoms with van der Waals surface area (Å²) in [4.78, 5) is 2.65. The summed E-state index contributed by atoms with van der Waals surface area (Å²) in [5.74, 6) is 0.907. The van der Waals surface area contributed by atoms with Gasteiger partial charge in [0.2, 0.25) is 0 Å². The summed E-state index contributed by atoms with van der Waals surface area (Å²) in [7, 11) is 1.70. The largest absolute Gasteiger partial charge is 0.497 e. The van der Waals surface area contributed by atoms with Gasteiger partial charge in [0.05, 0.1) is 7.11 Å². The second-order valence-corrected chi connectivity index (χ2v) is 7.81. The molecule has 1 atom stereocenters. The predicted molar refractivity (Wildman–Crippen MR) is 119 cm³/mol. The van der Waals surface area contributed by atoms with E-state index in [1.807, 2.05) is 12.1 Å². The molecule has 1 aliphatic heterocycles. The van der Waals surface area contributed by atoms with Crippen molar-refractivity contribution in [2.24, 2.45) is 0 Å². The van der Waals surface area contributed by atoms with Gasteiger partial charge in [-0.3, -0.25) is 4.90 Å². The van der Waals surface area contributed by atoms with Gasteiger partial charge >= 0.3 is 0 Å². The third kappa shape index (κ3) is 5.26. The Labute approximate surface area is 174 Å². The minimum Gasteiger partial charge on any atom is -0.497 e. The first kappa shape index (κ1) is 19.7. The zero-order valence-electron chi connectivity index (χ0n) is 17.2. The average molecular weight is 387 g/mol. The molecule has 1 heterocycles. The topological polar surface area (TPSA) is 24.5 Å². The van der Waals surface area contributed by atoms with Crippen LogP contribution in [0.5, 0.6) is 5.75 Å². The second kappa shape index (κ2) is 9.73. The van der Waals surface area contributed by atoms with Crippen molar-refractivity contribution >= 4 is 0 Å². The van der Waals surface area contributed by atoms with E-state index in [2.05, 4.69) is 76.9 Å². The normalized spacial score (nSPS) is 16.4. The Morgan fingerprint density at radius 1 is 0.862 bits per heavy atom. The van der Waals surface area contributed by atoms with Crippen LogP contribution in [0, 0.1) is 0 Å². The summed E-state index contributed by atoms with van der Waals surface area (Å²) >= 11 is 0. The van der Waals surface area contributed by atoms with Crippen LogP contribution in [0.3, 0.4) is 0 Å². The Balaban J connectivity index is 1.36. The molecule has 3 aromatic carbocycles. The van der Waals surface area contributed by atoms with Crippen molar-refractivity contribution in [3.05, 3.63) is 101 Å². The number of methoxy groups -OCH3 is 1. The van der Waals surface area contributed by atoms with Gasteiger partial charge < -0.3 is 10.1 Å². The van der Waals surface area contributed by atoms with E-state index in [4.69, 9.17) is 4.74 Å². The monoisotopic (exact) mass is 386 g/mol. The van der Waals surface area contributed by atoms with E-state index < -0.39 is 0 Å². The number of hydrogen-bond donors (Lipinski definition) is 1. The van der Waals surface area contributed by atoms with E-state index in [9.17, 15) is 0 Å². The SMILES string of the molecule is COc1ccc(CNCCN2Cc3ccccc3CC2Cc2ccccc2)cc1. The summed E-state index contributed by atoms with van der Waals surface area (Å²) in [6.07, 6.45) is 2.23. The third-order valence-electron chi connectivity index (χ3n) is 5.84. The average Bonchev–Trinajstić information content (AvgIpc) is 2.78. The van der Waals surface area contributed by atoms with Crippen LogP contribution in [-0.4, -0.2) is 31.1 Å². The van der Waals surface area contributed by atoms with Gasteiger partial charge in [-0.2, -0.15) is 0 Å². The number of nitrogens with zero attached hydrogens (tertiary/aromatic N) is 1. The Morgan fingerprint density at radius 3 is 2.34 bits per heavy atom. The first-order valence-corrected chi connectivity index (χ1v) is 10.5. The van der Waals surface area contributed by atoms with Gasteiger partial charge in [0, 0.05) is 32.2 Å². The van der Waals surface area contributed by atoms with Crippen LogP contribution in [0.15, 0.2) is 78.9 Å². The van der Waals surface area contributed by atoms with Gasteiger partial charge in [-0.05, 0) is 47.2 Å². The second-order valence-electron chi connectivity index (χ2n) is 7.81. The van der Waals surface area contributed by atoms with Crippen molar-refractivity contribution in [3.8, 4) is 5.75 Å². The van der Waals surface area contributed by atoms with Crippen LogP contribution in [0.25, 0.3) is 0 Å². The maximum absolute atomic E-state index is 5.24. The lowest BCUT2D eigenvalue weighted by molar-refractivity contribution is 0.170. The molecular weight excluding hydrogens is 356 g/mol. The van der Waals surface area contributed by atoms with Gasteiger partial charge in [-0.15, -0.1) is 0 Å². The molecule has 0 amide bonds. The molecule has 0 saturated heterocycles. The van der Waals surface area contributed by atoms with Crippen LogP contribution in [0.2, 0.25) is 0 Å². The van der Waals surface area contributed by atoms with E-state index in [0.29, 0.717) is 6.04 Å². The summed E-state index contributed by atoms with van der Waals surface area (Å²) < 4.78 is 5.24. The molecule has 0 bridgehead atoms. The quantitative estimate of drug-likeness (QED) is 0.579. The highest BCUT2D eigenvalue weighted by molar-refractivity contribution is 5.31. The highest BCUT2D eigenvalue weighted by atomic mass is 16.5. The maximum atomic E-state index is 5.24. The van der Waals surface area contributed by atoms with Crippen molar-refractivity contribution in [2.75, 3.05) is 20.2 Å². The summed E-state index contributed by atoms with van der Waals surface area (Å²) in [5.41, 5.74) is 5.70. The molecule has 1 unspecified atom stereocenters. The molecule has 0 saturated carbocycles. The van der Waals surface area contributed by atoms with E-state index >= 15 is 0 Å². The summed E-state index contributed by atoms with van der Waals surface area (Å²) in [6.45, 7) is 3.97. The molecule has 150 valence electrons. The van der Waals surface area contributed by atoms with Crippen molar-refractivity contribution in [3.63, 3.8) is 0 Å². The fourth-order valence-electron chi connectivity index (χ4n) is 4.19. The van der Waals surface area contributed by atoms with E-state index in [-0.39, 0.29) is 0 Å². The first-order chi connectivity index (χ1) is 14.3. The molecule has 0 fully saturated rings. The number of ether oxygens (including phenoxy) is 1. The van der Waals surface area contributed by atoms with Crippen LogP contribution < -0.4 is 10.1 Å². The van der Waals surface area contributed by atoms with Crippen LogP contribution in [0.1, 0.15) is 22.3 Å². The minimum absolute atomic E-state index is 0.551. The fourth-order valence-corrected chi connectivity index (χ4v) is 4.19. The predicted octanol–water partition coefficient (Wildman–Crippen LogP) is 4.45. The van der Waals surface area contributed by atoms with Crippen molar-refractivity contribution in [1.29, 1.82) is 0 Å². The van der Waals surface area contributed by atoms with Crippen LogP contribution >= 0.6 is 0 Å². The molecule has 1 N–H and O–H groups in total. The number of nitrogens with one attached hydrogen (secondary N) is 1. The molecule has 3 aromatic rings. The van der Waals surface area contributed by atoms with Gasteiger partial charge in [-0.1, -0.05) is 66.7 Å². The molecular formula is C26H30N2O. The lowest BCUT2D eigenvalue weighted by atomic mass is 9.90. The Kier molecular flexibility index (Phi) is 6.60. The highest BCUT2D eigenvalue weighted by Gasteiger charge is 2.25. The molecule has 29 heavy (non-hydrogen) atoms. The number of hydrogen-bond acceptors (Lipinski definition) is 3. The number of rotatable bonds is 8. The Bertz CT molecular complexity index is 892. The zero-order valence-corrected chi connectivity index (χ0v) is 17.2. The molecule has 4 rings (SSSR count). The molecule has 1 aliphatic rings. The molecule has 0 aliphatic carbocycles. The van der Waals surface area contributed by atoms with Crippen molar-refractivity contribution < 1.29 is 4.74 Å². The molecule has 0 spiro atoms.